The summed E-state index contributed by atoms with van der Waals surface area (Å²) in [6.07, 6.45) is 3.36. The lowest BCUT2D eigenvalue weighted by Gasteiger charge is -2.10. The van der Waals surface area contributed by atoms with Crippen molar-refractivity contribution < 1.29 is 28.5 Å². The molecule has 1 fully saturated rings. The summed E-state index contributed by atoms with van der Waals surface area (Å²) in [5.41, 5.74) is 1.73. The predicted molar refractivity (Wildman–Crippen MR) is 102 cm³/mol. The van der Waals surface area contributed by atoms with E-state index in [-0.39, 0.29) is 23.4 Å². The summed E-state index contributed by atoms with van der Waals surface area (Å²) in [6, 6.07) is 8.58. The van der Waals surface area contributed by atoms with E-state index in [4.69, 9.17) is 18.9 Å². The molecule has 2 aromatic rings. The van der Waals surface area contributed by atoms with E-state index in [0.29, 0.717) is 39.7 Å². The predicted octanol–water partition coefficient (Wildman–Crippen LogP) is 3.94. The number of methoxy groups -OCH3 is 2. The zero-order valence-corrected chi connectivity index (χ0v) is 15.9. The molecule has 28 heavy (non-hydrogen) atoms. The van der Waals surface area contributed by atoms with Gasteiger partial charge in [0.15, 0.2) is 5.76 Å². The molecule has 1 heterocycles. The molecule has 144 valence electrons. The zero-order valence-electron chi connectivity index (χ0n) is 15.9. The molecule has 4 rings (SSSR count). The molecule has 0 spiro atoms. The zero-order chi connectivity index (χ0) is 19.8. The van der Waals surface area contributed by atoms with Crippen LogP contribution in [-0.4, -0.2) is 26.0 Å². The second kappa shape index (κ2) is 7.03. The summed E-state index contributed by atoms with van der Waals surface area (Å²) < 4.78 is 21.9. The van der Waals surface area contributed by atoms with Gasteiger partial charge in [-0.3, -0.25) is 9.59 Å². The van der Waals surface area contributed by atoms with Crippen molar-refractivity contribution in [1.29, 1.82) is 0 Å². The highest BCUT2D eigenvalue weighted by Crippen LogP contribution is 2.41. The molecule has 6 heteroatoms. The van der Waals surface area contributed by atoms with Gasteiger partial charge in [0.1, 0.15) is 23.0 Å². The number of carbonyl (C=O) groups is 2. The molecular weight excluding hydrogens is 360 g/mol. The third-order valence-corrected chi connectivity index (χ3v) is 4.88. The third kappa shape index (κ3) is 3.22. The molecule has 0 bridgehead atoms. The second-order valence-corrected chi connectivity index (χ2v) is 6.81. The smallest absolute Gasteiger partial charge is 0.314 e. The standard InChI is InChI=1S/C22H20O6/c1-12-17(28-22(24)13-4-5-13)9-7-16-20(23)19(27-21(12)16)11-14-10-15(25-2)6-8-18(14)26-3/h6-11,13H,4-5H2,1-3H3/b19-11-. The molecule has 0 N–H and O–H groups in total. The van der Waals surface area contributed by atoms with E-state index in [1.54, 1.807) is 57.6 Å². The Morgan fingerprint density at radius 3 is 2.54 bits per heavy atom. The quantitative estimate of drug-likeness (QED) is 0.444. The van der Waals surface area contributed by atoms with Gasteiger partial charge in [0.25, 0.3) is 0 Å². The van der Waals surface area contributed by atoms with Gasteiger partial charge in [0, 0.05) is 11.1 Å². The van der Waals surface area contributed by atoms with Crippen LogP contribution in [-0.2, 0) is 4.79 Å². The second-order valence-electron chi connectivity index (χ2n) is 6.81. The lowest BCUT2D eigenvalue weighted by molar-refractivity contribution is -0.135. The van der Waals surface area contributed by atoms with Gasteiger partial charge in [-0.05, 0) is 56.2 Å². The van der Waals surface area contributed by atoms with Crippen molar-refractivity contribution in [2.24, 2.45) is 5.92 Å². The van der Waals surface area contributed by atoms with Crippen molar-refractivity contribution in [3.8, 4) is 23.0 Å². The fourth-order valence-corrected chi connectivity index (χ4v) is 3.08. The molecule has 0 saturated heterocycles. The molecule has 0 unspecified atom stereocenters. The number of hydrogen-bond donors (Lipinski definition) is 0. The molecule has 0 radical (unpaired) electrons. The summed E-state index contributed by atoms with van der Waals surface area (Å²) >= 11 is 0. The normalized spacial score (nSPS) is 16.5. The average molecular weight is 380 g/mol. The Kier molecular flexibility index (Phi) is 4.55. The van der Waals surface area contributed by atoms with Gasteiger partial charge in [-0.2, -0.15) is 0 Å². The van der Waals surface area contributed by atoms with Crippen LogP contribution in [0.2, 0.25) is 0 Å². The fourth-order valence-electron chi connectivity index (χ4n) is 3.08. The van der Waals surface area contributed by atoms with Crippen LogP contribution in [0, 0.1) is 12.8 Å². The molecule has 1 aliphatic carbocycles. The first-order chi connectivity index (χ1) is 13.5. The van der Waals surface area contributed by atoms with Gasteiger partial charge in [-0.25, -0.2) is 0 Å². The largest absolute Gasteiger partial charge is 0.497 e. The van der Waals surface area contributed by atoms with E-state index in [9.17, 15) is 9.59 Å². The molecule has 6 nitrogen and oxygen atoms in total. The molecule has 0 aromatic heterocycles. The SMILES string of the molecule is COc1ccc(OC)c(/C=C2\Oc3c(ccc(OC(=O)C4CC4)c3C)C2=O)c1. The van der Waals surface area contributed by atoms with Crippen LogP contribution < -0.4 is 18.9 Å². The Balaban J connectivity index is 1.66. The number of fused-ring (bicyclic) bond motifs is 1. The number of ketones is 1. The minimum absolute atomic E-state index is 0.00816. The summed E-state index contributed by atoms with van der Waals surface area (Å²) in [7, 11) is 3.13. The van der Waals surface area contributed by atoms with Crippen molar-refractivity contribution in [2.45, 2.75) is 19.8 Å². The van der Waals surface area contributed by atoms with E-state index < -0.39 is 0 Å². The average Bonchev–Trinajstić information content (AvgIpc) is 3.50. The maximum atomic E-state index is 12.8. The van der Waals surface area contributed by atoms with Gasteiger partial charge in [-0.1, -0.05) is 0 Å². The van der Waals surface area contributed by atoms with Crippen LogP contribution in [0.5, 0.6) is 23.0 Å². The van der Waals surface area contributed by atoms with Gasteiger partial charge in [0.2, 0.25) is 5.78 Å². The highest BCUT2D eigenvalue weighted by molar-refractivity contribution is 6.15. The number of Topliss-reactive ketones (excluding diaryl/α,β-unsaturated/α-hetero) is 1. The number of ether oxygens (including phenoxy) is 4. The number of esters is 1. The van der Waals surface area contributed by atoms with Crippen molar-refractivity contribution in [3.63, 3.8) is 0 Å². The number of allylic oxidation sites excluding steroid dienone is 1. The van der Waals surface area contributed by atoms with Crippen molar-refractivity contribution in [2.75, 3.05) is 14.2 Å². The van der Waals surface area contributed by atoms with E-state index >= 15 is 0 Å². The number of hydrogen-bond acceptors (Lipinski definition) is 6. The van der Waals surface area contributed by atoms with Crippen LogP contribution in [0.15, 0.2) is 36.1 Å². The van der Waals surface area contributed by atoms with E-state index in [1.165, 1.54) is 0 Å². The highest BCUT2D eigenvalue weighted by atomic mass is 16.5. The summed E-state index contributed by atoms with van der Waals surface area (Å²) in [5.74, 6) is 1.77. The van der Waals surface area contributed by atoms with Crippen LogP contribution in [0.4, 0.5) is 0 Å². The van der Waals surface area contributed by atoms with Gasteiger partial charge in [0.05, 0.1) is 25.7 Å². The van der Waals surface area contributed by atoms with Crippen molar-refractivity contribution in [1.82, 2.24) is 0 Å². The van der Waals surface area contributed by atoms with Gasteiger partial charge < -0.3 is 18.9 Å². The lowest BCUT2D eigenvalue weighted by atomic mass is 10.1. The molecular formula is C22H20O6. The first-order valence-corrected chi connectivity index (χ1v) is 9.03. The number of benzene rings is 2. The molecule has 0 atom stereocenters. The molecule has 0 amide bonds. The first-order valence-electron chi connectivity index (χ1n) is 9.03. The summed E-state index contributed by atoms with van der Waals surface area (Å²) in [4.78, 5) is 24.7. The lowest BCUT2D eigenvalue weighted by Crippen LogP contribution is -2.10. The molecule has 1 aliphatic heterocycles. The summed E-state index contributed by atoms with van der Waals surface area (Å²) in [6.45, 7) is 1.77. The maximum absolute atomic E-state index is 12.8. The van der Waals surface area contributed by atoms with Gasteiger partial charge in [-0.15, -0.1) is 0 Å². The Labute approximate surface area is 162 Å². The van der Waals surface area contributed by atoms with Gasteiger partial charge >= 0.3 is 5.97 Å². The topological polar surface area (TPSA) is 71.1 Å². The number of rotatable bonds is 5. The van der Waals surface area contributed by atoms with Crippen LogP contribution in [0.1, 0.15) is 34.3 Å². The summed E-state index contributed by atoms with van der Waals surface area (Å²) in [5, 5.41) is 0. The van der Waals surface area contributed by atoms with E-state index in [0.717, 1.165) is 12.8 Å². The molecule has 2 aromatic carbocycles. The minimum atomic E-state index is -0.233. The van der Waals surface area contributed by atoms with Crippen LogP contribution in [0.3, 0.4) is 0 Å². The Bertz CT molecular complexity index is 1000. The maximum Gasteiger partial charge on any atom is 0.314 e. The Hall–Kier alpha value is -3.28. The Morgan fingerprint density at radius 1 is 1.11 bits per heavy atom. The van der Waals surface area contributed by atoms with Crippen LogP contribution >= 0.6 is 0 Å². The fraction of sp³-hybridized carbons (Fsp3) is 0.273. The Morgan fingerprint density at radius 2 is 1.86 bits per heavy atom. The molecule has 1 saturated carbocycles. The van der Waals surface area contributed by atoms with E-state index in [1.807, 2.05) is 0 Å². The first kappa shape index (κ1) is 18.1. The number of carbonyl (C=O) groups excluding carboxylic acids is 2. The van der Waals surface area contributed by atoms with E-state index in [2.05, 4.69) is 0 Å². The van der Waals surface area contributed by atoms with Crippen molar-refractivity contribution >= 4 is 17.8 Å². The van der Waals surface area contributed by atoms with Crippen molar-refractivity contribution in [3.05, 3.63) is 52.8 Å². The van der Waals surface area contributed by atoms with Crippen LogP contribution in [0.25, 0.3) is 6.08 Å². The molecule has 2 aliphatic rings. The minimum Gasteiger partial charge on any atom is -0.497 e. The monoisotopic (exact) mass is 380 g/mol. The third-order valence-electron chi connectivity index (χ3n) is 4.88. The highest BCUT2D eigenvalue weighted by Gasteiger charge is 2.34.